The lowest BCUT2D eigenvalue weighted by molar-refractivity contribution is -0.143. The highest BCUT2D eigenvalue weighted by Gasteiger charge is 2.14. The van der Waals surface area contributed by atoms with E-state index in [1.165, 1.54) is 0 Å². The van der Waals surface area contributed by atoms with Crippen LogP contribution in [0.3, 0.4) is 0 Å². The minimum absolute atomic E-state index is 0.158. The van der Waals surface area contributed by atoms with Gasteiger partial charge in [0.2, 0.25) is 0 Å². The van der Waals surface area contributed by atoms with Gasteiger partial charge in [0.25, 0.3) is 0 Å². The number of thioether (sulfide) groups is 1. The molecule has 1 heterocycles. The quantitative estimate of drug-likeness (QED) is 0.279. The third-order valence-electron chi connectivity index (χ3n) is 3.44. The Balaban J connectivity index is 2.05. The second-order valence-electron chi connectivity index (χ2n) is 5.19. The number of aromatic nitrogens is 3. The van der Waals surface area contributed by atoms with Crippen LogP contribution < -0.4 is 4.74 Å². The van der Waals surface area contributed by atoms with Crippen molar-refractivity contribution >= 4 is 17.7 Å². The fourth-order valence-corrected chi connectivity index (χ4v) is 3.14. The summed E-state index contributed by atoms with van der Waals surface area (Å²) in [4.78, 5) is 11.4. The summed E-state index contributed by atoms with van der Waals surface area (Å²) < 4.78 is 12.1. The number of rotatable bonds is 10. The van der Waals surface area contributed by atoms with E-state index in [0.717, 1.165) is 34.5 Å². The first kappa shape index (κ1) is 19.1. The molecule has 0 aliphatic rings. The molecule has 0 aliphatic heterocycles. The highest BCUT2D eigenvalue weighted by Crippen LogP contribution is 2.26. The number of benzene rings is 1. The number of carbonyl (C=O) groups is 1. The molecule has 0 amide bonds. The van der Waals surface area contributed by atoms with E-state index in [1.54, 1.807) is 18.9 Å². The molecule has 134 valence electrons. The minimum Gasteiger partial charge on any atom is -0.497 e. The first-order chi connectivity index (χ1) is 12.2. The van der Waals surface area contributed by atoms with E-state index in [0.29, 0.717) is 19.6 Å². The van der Waals surface area contributed by atoms with E-state index in [-0.39, 0.29) is 5.97 Å². The fourth-order valence-electron chi connectivity index (χ4n) is 2.26. The third kappa shape index (κ3) is 5.35. The van der Waals surface area contributed by atoms with Crippen molar-refractivity contribution in [2.75, 3.05) is 19.5 Å². The van der Waals surface area contributed by atoms with E-state index in [9.17, 15) is 4.79 Å². The Morgan fingerprint density at radius 1 is 1.32 bits per heavy atom. The van der Waals surface area contributed by atoms with Crippen LogP contribution in [-0.2, 0) is 16.1 Å². The first-order valence-corrected chi connectivity index (χ1v) is 9.15. The van der Waals surface area contributed by atoms with Crippen molar-refractivity contribution in [2.24, 2.45) is 0 Å². The average molecular weight is 361 g/mol. The zero-order valence-corrected chi connectivity index (χ0v) is 15.4. The first-order valence-electron chi connectivity index (χ1n) is 8.16. The Labute approximate surface area is 152 Å². The van der Waals surface area contributed by atoms with Crippen LogP contribution in [0.2, 0.25) is 0 Å². The SMILES string of the molecule is C=CCn1c(SCCCC(=O)OCC)nnc1-c1ccc(OC)cc1. The maximum atomic E-state index is 11.4. The van der Waals surface area contributed by atoms with Gasteiger partial charge >= 0.3 is 5.97 Å². The molecule has 0 aliphatic carbocycles. The van der Waals surface area contributed by atoms with Gasteiger partial charge in [-0.05, 0) is 37.6 Å². The third-order valence-corrected chi connectivity index (χ3v) is 4.49. The summed E-state index contributed by atoms with van der Waals surface area (Å²) in [5.41, 5.74) is 0.966. The number of carbonyl (C=O) groups excluding carboxylic acids is 1. The van der Waals surface area contributed by atoms with Gasteiger partial charge in [-0.25, -0.2) is 0 Å². The highest BCUT2D eigenvalue weighted by atomic mass is 32.2. The molecule has 0 unspecified atom stereocenters. The summed E-state index contributed by atoms with van der Waals surface area (Å²) in [5, 5.41) is 9.42. The Kier molecular flexibility index (Phi) is 7.53. The Morgan fingerprint density at radius 3 is 2.72 bits per heavy atom. The van der Waals surface area contributed by atoms with Crippen molar-refractivity contribution in [3.05, 3.63) is 36.9 Å². The van der Waals surface area contributed by atoms with E-state index in [1.807, 2.05) is 41.8 Å². The van der Waals surface area contributed by atoms with Crippen LogP contribution in [0.25, 0.3) is 11.4 Å². The molecule has 0 saturated carbocycles. The van der Waals surface area contributed by atoms with Gasteiger partial charge in [0, 0.05) is 24.3 Å². The van der Waals surface area contributed by atoms with E-state index in [4.69, 9.17) is 9.47 Å². The Bertz CT molecular complexity index is 698. The average Bonchev–Trinajstić information content (AvgIpc) is 3.02. The molecule has 0 bridgehead atoms. The molecule has 1 aromatic carbocycles. The van der Waals surface area contributed by atoms with Gasteiger partial charge in [-0.2, -0.15) is 0 Å². The molecule has 0 saturated heterocycles. The van der Waals surface area contributed by atoms with E-state index < -0.39 is 0 Å². The van der Waals surface area contributed by atoms with Crippen molar-refractivity contribution in [3.8, 4) is 17.1 Å². The normalized spacial score (nSPS) is 10.5. The van der Waals surface area contributed by atoms with Gasteiger partial charge < -0.3 is 9.47 Å². The molecule has 2 aromatic rings. The zero-order chi connectivity index (χ0) is 18.1. The zero-order valence-electron chi connectivity index (χ0n) is 14.6. The predicted molar refractivity (Wildman–Crippen MR) is 98.8 cm³/mol. The number of esters is 1. The lowest BCUT2D eigenvalue weighted by atomic mass is 10.2. The second-order valence-corrected chi connectivity index (χ2v) is 6.25. The van der Waals surface area contributed by atoms with Crippen LogP contribution >= 0.6 is 11.8 Å². The summed E-state index contributed by atoms with van der Waals surface area (Å²) in [6.07, 6.45) is 2.98. The van der Waals surface area contributed by atoms with Gasteiger partial charge in [-0.15, -0.1) is 16.8 Å². The van der Waals surface area contributed by atoms with Crippen molar-refractivity contribution < 1.29 is 14.3 Å². The molecule has 1 aromatic heterocycles. The topological polar surface area (TPSA) is 66.2 Å². The van der Waals surface area contributed by atoms with Crippen molar-refractivity contribution in [3.63, 3.8) is 0 Å². The summed E-state index contributed by atoms with van der Waals surface area (Å²) >= 11 is 1.58. The van der Waals surface area contributed by atoms with Crippen LogP contribution in [0, 0.1) is 0 Å². The molecule has 0 fully saturated rings. The summed E-state index contributed by atoms with van der Waals surface area (Å²) in [5.74, 6) is 2.20. The maximum Gasteiger partial charge on any atom is 0.305 e. The largest absolute Gasteiger partial charge is 0.497 e. The standard InChI is InChI=1S/C18H23N3O3S/c1-4-12-21-17(14-8-10-15(23-3)11-9-14)19-20-18(21)25-13-6-7-16(22)24-5-2/h4,8-11H,1,5-7,12-13H2,2-3H3. The van der Waals surface area contributed by atoms with Crippen molar-refractivity contribution in [1.82, 2.24) is 14.8 Å². The monoisotopic (exact) mass is 361 g/mol. The highest BCUT2D eigenvalue weighted by molar-refractivity contribution is 7.99. The number of methoxy groups -OCH3 is 1. The molecule has 25 heavy (non-hydrogen) atoms. The molecule has 0 spiro atoms. The fraction of sp³-hybridized carbons (Fsp3) is 0.389. The van der Waals surface area contributed by atoms with Crippen LogP contribution in [0.5, 0.6) is 5.75 Å². The molecule has 0 N–H and O–H groups in total. The smallest absolute Gasteiger partial charge is 0.305 e. The van der Waals surface area contributed by atoms with Crippen LogP contribution in [0.4, 0.5) is 0 Å². The molecule has 7 heteroatoms. The molecule has 0 atom stereocenters. The number of nitrogens with zero attached hydrogens (tertiary/aromatic N) is 3. The minimum atomic E-state index is -0.158. The Hall–Kier alpha value is -2.28. The summed E-state index contributed by atoms with van der Waals surface area (Å²) in [7, 11) is 1.64. The molecule has 6 nitrogen and oxygen atoms in total. The van der Waals surface area contributed by atoms with Gasteiger partial charge in [0.1, 0.15) is 5.75 Å². The van der Waals surface area contributed by atoms with Crippen molar-refractivity contribution in [1.29, 1.82) is 0 Å². The number of hydrogen-bond acceptors (Lipinski definition) is 6. The Morgan fingerprint density at radius 2 is 2.08 bits per heavy atom. The molecular weight excluding hydrogens is 338 g/mol. The molecular formula is C18H23N3O3S. The van der Waals surface area contributed by atoms with Gasteiger partial charge in [0.05, 0.1) is 13.7 Å². The molecule has 0 radical (unpaired) electrons. The van der Waals surface area contributed by atoms with E-state index >= 15 is 0 Å². The van der Waals surface area contributed by atoms with Gasteiger partial charge in [-0.3, -0.25) is 9.36 Å². The second kappa shape index (κ2) is 9.88. The lowest BCUT2D eigenvalue weighted by Gasteiger charge is -2.08. The van der Waals surface area contributed by atoms with Gasteiger partial charge in [-0.1, -0.05) is 17.8 Å². The van der Waals surface area contributed by atoms with Crippen molar-refractivity contribution in [2.45, 2.75) is 31.5 Å². The van der Waals surface area contributed by atoms with Crippen LogP contribution in [0.1, 0.15) is 19.8 Å². The number of hydrogen-bond donors (Lipinski definition) is 0. The van der Waals surface area contributed by atoms with Crippen LogP contribution in [0.15, 0.2) is 42.1 Å². The van der Waals surface area contributed by atoms with Crippen LogP contribution in [-0.4, -0.2) is 40.2 Å². The molecule has 2 rings (SSSR count). The summed E-state index contributed by atoms with van der Waals surface area (Å²) in [6, 6.07) is 7.71. The summed E-state index contributed by atoms with van der Waals surface area (Å²) in [6.45, 7) is 6.66. The predicted octanol–water partition coefficient (Wildman–Crippen LogP) is 3.58. The number of ether oxygens (including phenoxy) is 2. The lowest BCUT2D eigenvalue weighted by Crippen LogP contribution is -2.04. The number of allylic oxidation sites excluding steroid dienone is 1. The van der Waals surface area contributed by atoms with E-state index in [2.05, 4.69) is 16.8 Å². The van der Waals surface area contributed by atoms with Gasteiger partial charge in [0.15, 0.2) is 11.0 Å². The maximum absolute atomic E-state index is 11.4.